The van der Waals surface area contributed by atoms with Crippen LogP contribution in [0.1, 0.15) is 28.4 Å². The molecule has 0 bridgehead atoms. The Morgan fingerprint density at radius 3 is 1.56 bits per heavy atom. The lowest BCUT2D eigenvalue weighted by atomic mass is 10.1. The van der Waals surface area contributed by atoms with Crippen LogP contribution in [0.4, 0.5) is 22.7 Å². The Bertz CT molecular complexity index is 850. The Hall–Kier alpha value is -3.07. The molecular weight excluding hydrogens is 308 g/mol. The first-order valence-electron chi connectivity index (χ1n) is 8.33. The number of hydrogen-bond donors (Lipinski definition) is 2. The maximum absolute atomic E-state index is 11.9. The normalized spacial score (nSPS) is 10.4. The van der Waals surface area contributed by atoms with E-state index < -0.39 is 0 Å². The van der Waals surface area contributed by atoms with Crippen LogP contribution < -0.4 is 10.6 Å². The molecule has 0 saturated carbocycles. The van der Waals surface area contributed by atoms with Gasteiger partial charge in [0.2, 0.25) is 0 Å². The molecule has 0 radical (unpaired) electrons. The van der Waals surface area contributed by atoms with Crippen molar-refractivity contribution in [3.8, 4) is 0 Å². The summed E-state index contributed by atoms with van der Waals surface area (Å²) in [5, 5.41) is 6.77. The van der Waals surface area contributed by atoms with Gasteiger partial charge < -0.3 is 10.6 Å². The minimum Gasteiger partial charge on any atom is -0.355 e. The van der Waals surface area contributed by atoms with E-state index in [0.717, 1.165) is 22.7 Å². The average molecular weight is 330 g/mol. The molecule has 0 saturated heterocycles. The van der Waals surface area contributed by atoms with Crippen molar-refractivity contribution in [2.45, 2.75) is 20.8 Å². The Labute approximate surface area is 148 Å². The van der Waals surface area contributed by atoms with Gasteiger partial charge in [0.05, 0.1) is 0 Å². The molecule has 0 unspecified atom stereocenters. The summed E-state index contributed by atoms with van der Waals surface area (Å²) in [6.45, 7) is 5.70. The highest BCUT2D eigenvalue weighted by molar-refractivity contribution is 5.96. The van der Waals surface area contributed by atoms with Crippen molar-refractivity contribution in [1.82, 2.24) is 0 Å². The van der Waals surface area contributed by atoms with E-state index in [1.807, 2.05) is 42.5 Å². The van der Waals surface area contributed by atoms with Crippen LogP contribution in [0, 0.1) is 13.8 Å². The number of carbonyl (C=O) groups excluding carboxylic acids is 1. The molecule has 0 spiro atoms. The molecule has 0 amide bonds. The number of aryl methyl sites for hydroxylation is 2. The lowest BCUT2D eigenvalue weighted by Gasteiger charge is -2.13. The lowest BCUT2D eigenvalue weighted by molar-refractivity contribution is 0.101. The predicted octanol–water partition coefficient (Wildman–Crippen LogP) is 5.99. The molecule has 0 aliphatic carbocycles. The molecule has 0 aromatic heterocycles. The molecule has 0 fully saturated rings. The second-order valence-corrected chi connectivity index (χ2v) is 6.34. The number of rotatable bonds is 5. The van der Waals surface area contributed by atoms with Crippen molar-refractivity contribution < 1.29 is 4.79 Å². The summed E-state index contributed by atoms with van der Waals surface area (Å²) in [5.74, 6) is 0.0418. The Balaban J connectivity index is 1.93. The third-order valence-electron chi connectivity index (χ3n) is 3.95. The molecule has 0 aliphatic rings. The Morgan fingerprint density at radius 1 is 0.680 bits per heavy atom. The Morgan fingerprint density at radius 2 is 1.16 bits per heavy atom. The van der Waals surface area contributed by atoms with E-state index in [9.17, 15) is 4.79 Å². The number of nitrogens with one attached hydrogen (secondary N) is 2. The molecule has 3 aromatic rings. The van der Waals surface area contributed by atoms with Crippen LogP contribution >= 0.6 is 0 Å². The number of hydrogen-bond acceptors (Lipinski definition) is 3. The van der Waals surface area contributed by atoms with E-state index in [1.165, 1.54) is 11.1 Å². The van der Waals surface area contributed by atoms with E-state index in [2.05, 4.69) is 48.7 Å². The minimum atomic E-state index is 0.0418. The van der Waals surface area contributed by atoms with Gasteiger partial charge in [-0.15, -0.1) is 0 Å². The van der Waals surface area contributed by atoms with E-state index >= 15 is 0 Å². The summed E-state index contributed by atoms with van der Waals surface area (Å²) in [7, 11) is 0. The van der Waals surface area contributed by atoms with Gasteiger partial charge in [0.25, 0.3) is 0 Å². The van der Waals surface area contributed by atoms with Crippen LogP contribution in [-0.4, -0.2) is 5.78 Å². The number of anilines is 4. The molecule has 126 valence electrons. The van der Waals surface area contributed by atoms with Gasteiger partial charge in [0.15, 0.2) is 5.78 Å². The fourth-order valence-electron chi connectivity index (χ4n) is 2.75. The first-order valence-corrected chi connectivity index (χ1v) is 8.33. The molecule has 3 aromatic carbocycles. The fourth-order valence-corrected chi connectivity index (χ4v) is 2.75. The van der Waals surface area contributed by atoms with Crippen LogP contribution in [0.15, 0.2) is 66.7 Å². The molecule has 3 rings (SSSR count). The average Bonchev–Trinajstić information content (AvgIpc) is 2.54. The van der Waals surface area contributed by atoms with Gasteiger partial charge in [-0.3, -0.25) is 4.79 Å². The van der Waals surface area contributed by atoms with Gasteiger partial charge in [-0.05, 0) is 74.4 Å². The van der Waals surface area contributed by atoms with Gasteiger partial charge >= 0.3 is 0 Å². The summed E-state index contributed by atoms with van der Waals surface area (Å²) >= 11 is 0. The molecule has 25 heavy (non-hydrogen) atoms. The standard InChI is InChI=1S/C22H22N2O/c1-15-6-4-8-19(10-15)23-21-12-18(17(3)25)13-22(14-21)24-20-9-5-7-16(2)11-20/h4-14,23-24H,1-3H3. The van der Waals surface area contributed by atoms with Crippen molar-refractivity contribution in [2.24, 2.45) is 0 Å². The fraction of sp³-hybridized carbons (Fsp3) is 0.136. The monoisotopic (exact) mass is 330 g/mol. The van der Waals surface area contributed by atoms with Crippen LogP contribution in [0.5, 0.6) is 0 Å². The van der Waals surface area contributed by atoms with E-state index in [0.29, 0.717) is 5.56 Å². The predicted molar refractivity (Wildman–Crippen MR) is 105 cm³/mol. The van der Waals surface area contributed by atoms with Crippen molar-refractivity contribution in [2.75, 3.05) is 10.6 Å². The van der Waals surface area contributed by atoms with Gasteiger partial charge in [-0.25, -0.2) is 0 Å². The molecule has 0 aliphatic heterocycles. The van der Waals surface area contributed by atoms with Gasteiger partial charge in [-0.2, -0.15) is 0 Å². The zero-order chi connectivity index (χ0) is 17.8. The maximum Gasteiger partial charge on any atom is 0.159 e. The van der Waals surface area contributed by atoms with Crippen LogP contribution in [-0.2, 0) is 0 Å². The summed E-state index contributed by atoms with van der Waals surface area (Å²) in [6.07, 6.45) is 0. The molecule has 0 atom stereocenters. The van der Waals surface area contributed by atoms with Crippen LogP contribution in [0.3, 0.4) is 0 Å². The summed E-state index contributed by atoms with van der Waals surface area (Å²) in [5.41, 5.74) is 6.82. The van der Waals surface area contributed by atoms with Crippen molar-refractivity contribution in [3.63, 3.8) is 0 Å². The smallest absolute Gasteiger partial charge is 0.159 e. The highest BCUT2D eigenvalue weighted by Gasteiger charge is 2.06. The van der Waals surface area contributed by atoms with Gasteiger partial charge in [-0.1, -0.05) is 24.3 Å². The summed E-state index contributed by atoms with van der Waals surface area (Å²) < 4.78 is 0. The minimum absolute atomic E-state index is 0.0418. The number of ketones is 1. The van der Waals surface area contributed by atoms with Crippen molar-refractivity contribution >= 4 is 28.5 Å². The molecular formula is C22H22N2O. The first-order chi connectivity index (χ1) is 12.0. The quantitative estimate of drug-likeness (QED) is 0.564. The second kappa shape index (κ2) is 7.22. The Kier molecular flexibility index (Phi) is 4.85. The topological polar surface area (TPSA) is 41.1 Å². The number of benzene rings is 3. The third kappa shape index (κ3) is 4.48. The van der Waals surface area contributed by atoms with E-state index in [-0.39, 0.29) is 5.78 Å². The largest absolute Gasteiger partial charge is 0.355 e. The van der Waals surface area contributed by atoms with Crippen molar-refractivity contribution in [1.29, 1.82) is 0 Å². The highest BCUT2D eigenvalue weighted by atomic mass is 16.1. The zero-order valence-electron chi connectivity index (χ0n) is 14.8. The van der Waals surface area contributed by atoms with E-state index in [4.69, 9.17) is 0 Å². The van der Waals surface area contributed by atoms with Crippen molar-refractivity contribution in [3.05, 3.63) is 83.4 Å². The lowest BCUT2D eigenvalue weighted by Crippen LogP contribution is -1.99. The van der Waals surface area contributed by atoms with Crippen LogP contribution in [0.2, 0.25) is 0 Å². The SMILES string of the molecule is CC(=O)c1cc(Nc2cccc(C)c2)cc(Nc2cccc(C)c2)c1. The second-order valence-electron chi connectivity index (χ2n) is 6.34. The highest BCUT2D eigenvalue weighted by Crippen LogP contribution is 2.26. The summed E-state index contributed by atoms with van der Waals surface area (Å²) in [4.78, 5) is 11.9. The molecule has 3 nitrogen and oxygen atoms in total. The van der Waals surface area contributed by atoms with Gasteiger partial charge in [0.1, 0.15) is 0 Å². The molecule has 0 heterocycles. The molecule has 3 heteroatoms. The van der Waals surface area contributed by atoms with E-state index in [1.54, 1.807) is 6.92 Å². The number of Topliss-reactive ketones (excluding diaryl/α,β-unsaturated/α-hetero) is 1. The first kappa shape index (κ1) is 16.8. The summed E-state index contributed by atoms with van der Waals surface area (Å²) in [6, 6.07) is 22.1. The van der Waals surface area contributed by atoms with Gasteiger partial charge in [0, 0.05) is 28.3 Å². The number of carbonyl (C=O) groups is 1. The van der Waals surface area contributed by atoms with Crippen LogP contribution in [0.25, 0.3) is 0 Å². The third-order valence-corrected chi connectivity index (χ3v) is 3.95. The molecule has 2 N–H and O–H groups in total. The zero-order valence-corrected chi connectivity index (χ0v) is 14.8. The maximum atomic E-state index is 11.9.